The molecular weight excluding hydrogens is 344 g/mol. The fourth-order valence-electron chi connectivity index (χ4n) is 4.52. The van der Waals surface area contributed by atoms with Crippen molar-refractivity contribution in [3.63, 3.8) is 0 Å². The van der Waals surface area contributed by atoms with Crippen molar-refractivity contribution in [2.45, 2.75) is 50.2 Å². The first-order valence-corrected chi connectivity index (χ1v) is 9.35. The summed E-state index contributed by atoms with van der Waals surface area (Å²) in [6.07, 6.45) is 5.93. The summed E-state index contributed by atoms with van der Waals surface area (Å²) in [5, 5.41) is 19.5. The van der Waals surface area contributed by atoms with E-state index >= 15 is 0 Å². The van der Waals surface area contributed by atoms with Gasteiger partial charge in [-0.15, -0.1) is 0 Å². The van der Waals surface area contributed by atoms with Crippen molar-refractivity contribution in [3.8, 4) is 0 Å². The van der Waals surface area contributed by atoms with E-state index < -0.39 is 0 Å². The summed E-state index contributed by atoms with van der Waals surface area (Å²) < 4.78 is 0. The van der Waals surface area contributed by atoms with Crippen LogP contribution in [0.3, 0.4) is 0 Å². The molecule has 1 unspecified atom stereocenters. The standard InChI is InChI=1S/C17H23ClN4O3/c18-13-9-20-21-14(13)16(25)22-6-3-11(17(22)4-5-17)8-19-15(24)10-1-2-12(23)7-10/h9-12,23H,1-8H2,(H,19,24)(H,20,21)/t10-,11?,12-/m1/s1. The predicted octanol–water partition coefficient (Wildman–Crippen LogP) is 1.33. The highest BCUT2D eigenvalue weighted by Crippen LogP contribution is 2.53. The van der Waals surface area contributed by atoms with Crippen LogP contribution in [0.1, 0.15) is 49.0 Å². The summed E-state index contributed by atoms with van der Waals surface area (Å²) in [6.45, 7) is 1.27. The molecule has 2 saturated carbocycles. The third-order valence-electron chi connectivity index (χ3n) is 6.11. The van der Waals surface area contributed by atoms with Gasteiger partial charge in [0.05, 0.1) is 17.3 Å². The second kappa shape index (κ2) is 6.29. The number of likely N-dealkylation sites (tertiary alicyclic amines) is 1. The Morgan fingerprint density at radius 2 is 2.20 bits per heavy atom. The molecule has 1 spiro atoms. The number of nitrogens with zero attached hydrogens (tertiary/aromatic N) is 2. The minimum atomic E-state index is -0.343. The van der Waals surface area contributed by atoms with E-state index in [-0.39, 0.29) is 35.3 Å². The van der Waals surface area contributed by atoms with Crippen LogP contribution in [0.15, 0.2) is 6.20 Å². The lowest BCUT2D eigenvalue weighted by molar-refractivity contribution is -0.125. The molecule has 2 heterocycles. The molecule has 0 radical (unpaired) electrons. The highest BCUT2D eigenvalue weighted by Gasteiger charge is 2.59. The molecule has 3 N–H and O–H groups in total. The first-order valence-electron chi connectivity index (χ1n) is 8.98. The molecule has 4 rings (SSSR count). The summed E-state index contributed by atoms with van der Waals surface area (Å²) in [5.41, 5.74) is 0.200. The fraction of sp³-hybridized carbons (Fsp3) is 0.706. The highest BCUT2D eigenvalue weighted by molar-refractivity contribution is 6.33. The van der Waals surface area contributed by atoms with Crippen LogP contribution in [0.4, 0.5) is 0 Å². The number of nitrogens with one attached hydrogen (secondary N) is 2. The smallest absolute Gasteiger partial charge is 0.273 e. The van der Waals surface area contributed by atoms with Gasteiger partial charge < -0.3 is 15.3 Å². The van der Waals surface area contributed by atoms with Crippen molar-refractivity contribution in [1.29, 1.82) is 0 Å². The lowest BCUT2D eigenvalue weighted by Gasteiger charge is -2.28. The van der Waals surface area contributed by atoms with E-state index in [1.54, 1.807) is 0 Å². The van der Waals surface area contributed by atoms with Crippen LogP contribution in [-0.2, 0) is 4.79 Å². The number of H-pyrrole nitrogens is 1. The number of halogens is 1. The number of amides is 2. The number of carbonyl (C=O) groups excluding carboxylic acids is 2. The topological polar surface area (TPSA) is 98.3 Å². The van der Waals surface area contributed by atoms with Crippen molar-refractivity contribution >= 4 is 23.4 Å². The first-order chi connectivity index (χ1) is 12.0. The Kier molecular flexibility index (Phi) is 4.24. The molecule has 1 aromatic rings. The number of rotatable bonds is 4. The van der Waals surface area contributed by atoms with E-state index in [1.165, 1.54) is 6.20 Å². The summed E-state index contributed by atoms with van der Waals surface area (Å²) in [5.74, 6) is 0.128. The van der Waals surface area contributed by atoms with Gasteiger partial charge in [-0.1, -0.05) is 11.6 Å². The van der Waals surface area contributed by atoms with Gasteiger partial charge in [0.2, 0.25) is 5.91 Å². The normalized spacial score (nSPS) is 30.0. The number of carbonyl (C=O) groups is 2. The van der Waals surface area contributed by atoms with Crippen molar-refractivity contribution in [2.24, 2.45) is 11.8 Å². The fourth-order valence-corrected chi connectivity index (χ4v) is 4.69. The summed E-state index contributed by atoms with van der Waals surface area (Å²) in [4.78, 5) is 27.0. The molecular formula is C17H23ClN4O3. The van der Waals surface area contributed by atoms with Crippen LogP contribution in [0.2, 0.25) is 5.02 Å². The maximum atomic E-state index is 12.8. The summed E-state index contributed by atoms with van der Waals surface area (Å²) in [7, 11) is 0. The number of aromatic nitrogens is 2. The molecule has 0 aromatic carbocycles. The SMILES string of the molecule is O=C(NCC1CCN(C(=O)c2[nH]ncc2Cl)C12CC2)[C@@H]1CC[C@@H](O)C1. The first kappa shape index (κ1) is 16.8. The summed E-state index contributed by atoms with van der Waals surface area (Å²) >= 11 is 6.03. The van der Waals surface area contributed by atoms with Gasteiger partial charge in [-0.3, -0.25) is 14.7 Å². The van der Waals surface area contributed by atoms with E-state index in [1.807, 2.05) is 4.90 Å². The van der Waals surface area contributed by atoms with Crippen LogP contribution in [0.5, 0.6) is 0 Å². The number of hydrogen-bond acceptors (Lipinski definition) is 4. The van der Waals surface area contributed by atoms with Gasteiger partial charge in [0.1, 0.15) is 5.69 Å². The van der Waals surface area contributed by atoms with Gasteiger partial charge in [0.15, 0.2) is 0 Å². The highest BCUT2D eigenvalue weighted by atomic mass is 35.5. The Balaban J connectivity index is 1.38. The van der Waals surface area contributed by atoms with E-state index in [4.69, 9.17) is 11.6 Å². The maximum Gasteiger partial charge on any atom is 0.273 e. The predicted molar refractivity (Wildman–Crippen MR) is 91.1 cm³/mol. The lowest BCUT2D eigenvalue weighted by Crippen LogP contribution is -2.44. The van der Waals surface area contributed by atoms with Crippen LogP contribution < -0.4 is 5.32 Å². The number of aromatic amines is 1. The molecule has 7 nitrogen and oxygen atoms in total. The molecule has 2 amide bonds. The number of hydrogen-bond donors (Lipinski definition) is 3. The molecule has 3 aliphatic rings. The monoisotopic (exact) mass is 366 g/mol. The summed E-state index contributed by atoms with van der Waals surface area (Å²) in [6, 6.07) is 0. The van der Waals surface area contributed by atoms with Gasteiger partial charge in [0, 0.05) is 30.5 Å². The molecule has 0 bridgehead atoms. The molecule has 1 aliphatic heterocycles. The van der Waals surface area contributed by atoms with Gasteiger partial charge >= 0.3 is 0 Å². The molecule has 1 aromatic heterocycles. The minimum absolute atomic E-state index is 0.0359. The van der Waals surface area contributed by atoms with E-state index in [2.05, 4.69) is 15.5 Å². The largest absolute Gasteiger partial charge is 0.393 e. The van der Waals surface area contributed by atoms with Crippen LogP contribution in [0, 0.1) is 11.8 Å². The van der Waals surface area contributed by atoms with Gasteiger partial charge in [-0.2, -0.15) is 5.10 Å². The van der Waals surface area contributed by atoms with E-state index in [0.717, 1.165) is 25.7 Å². The Bertz CT molecular complexity index is 687. The number of aliphatic hydroxyl groups is 1. The van der Waals surface area contributed by atoms with Crippen LogP contribution in [0.25, 0.3) is 0 Å². The van der Waals surface area contributed by atoms with Gasteiger partial charge in [-0.25, -0.2) is 0 Å². The molecule has 2 aliphatic carbocycles. The minimum Gasteiger partial charge on any atom is -0.393 e. The van der Waals surface area contributed by atoms with Gasteiger partial charge in [0.25, 0.3) is 5.91 Å². The third kappa shape index (κ3) is 2.93. The molecule has 25 heavy (non-hydrogen) atoms. The van der Waals surface area contributed by atoms with Gasteiger partial charge in [-0.05, 0) is 38.5 Å². The second-order valence-electron chi connectivity index (χ2n) is 7.55. The van der Waals surface area contributed by atoms with Crippen molar-refractivity contribution < 1.29 is 14.7 Å². The maximum absolute atomic E-state index is 12.8. The van der Waals surface area contributed by atoms with Crippen molar-refractivity contribution in [3.05, 3.63) is 16.9 Å². The zero-order valence-electron chi connectivity index (χ0n) is 14.0. The molecule has 8 heteroatoms. The number of aliphatic hydroxyl groups excluding tert-OH is 1. The lowest BCUT2D eigenvalue weighted by atomic mass is 9.97. The van der Waals surface area contributed by atoms with Crippen LogP contribution >= 0.6 is 11.6 Å². The Morgan fingerprint density at radius 3 is 2.80 bits per heavy atom. The molecule has 3 fully saturated rings. The molecule has 1 saturated heterocycles. The average molecular weight is 367 g/mol. The zero-order valence-corrected chi connectivity index (χ0v) is 14.8. The Labute approximate surface area is 151 Å². The van der Waals surface area contributed by atoms with E-state index in [9.17, 15) is 14.7 Å². The molecule has 3 atom stereocenters. The average Bonchev–Trinajstić information content (AvgIpc) is 2.92. The third-order valence-corrected chi connectivity index (χ3v) is 6.40. The molecule has 136 valence electrons. The van der Waals surface area contributed by atoms with Crippen LogP contribution in [-0.4, -0.2) is 56.8 Å². The van der Waals surface area contributed by atoms with Crippen molar-refractivity contribution in [2.75, 3.05) is 13.1 Å². The zero-order chi connectivity index (χ0) is 17.6. The second-order valence-corrected chi connectivity index (χ2v) is 7.96. The Morgan fingerprint density at radius 1 is 1.40 bits per heavy atom. The quantitative estimate of drug-likeness (QED) is 0.748. The van der Waals surface area contributed by atoms with E-state index in [0.29, 0.717) is 36.6 Å². The van der Waals surface area contributed by atoms with Crippen molar-refractivity contribution in [1.82, 2.24) is 20.4 Å². The Hall–Kier alpha value is -1.60.